The van der Waals surface area contributed by atoms with Crippen molar-refractivity contribution in [1.82, 2.24) is 0 Å². The summed E-state index contributed by atoms with van der Waals surface area (Å²) in [6, 6.07) is 32.8. The van der Waals surface area contributed by atoms with E-state index in [1.54, 1.807) is 0 Å². The van der Waals surface area contributed by atoms with E-state index in [1.165, 1.54) is 15.9 Å². The predicted molar refractivity (Wildman–Crippen MR) is 92.3 cm³/mol. The molecule has 0 fully saturated rings. The minimum absolute atomic E-state index is 1.46. The first-order valence-electron chi connectivity index (χ1n) is 6.98. The van der Waals surface area contributed by atoms with Crippen LogP contribution in [0.5, 0.6) is 0 Å². The van der Waals surface area contributed by atoms with Crippen molar-refractivity contribution in [3.63, 3.8) is 0 Å². The van der Waals surface area contributed by atoms with E-state index in [0.717, 1.165) is 0 Å². The number of hydrogen-bond donors (Lipinski definition) is 0. The molecule has 2 heteroatoms. The van der Waals surface area contributed by atoms with Gasteiger partial charge in [-0.15, -0.1) is 0 Å². The molecule has 0 aromatic heterocycles. The van der Waals surface area contributed by atoms with Crippen molar-refractivity contribution in [3.8, 4) is 0 Å². The van der Waals surface area contributed by atoms with Gasteiger partial charge in [0.1, 0.15) is 0 Å². The normalized spacial score (nSPS) is 12.1. The summed E-state index contributed by atoms with van der Waals surface area (Å²) in [6.07, 6.45) is 0. The monoisotopic (exact) mass is 270 g/mol. The van der Waals surface area contributed by atoms with Crippen LogP contribution in [-0.2, 0) is 0 Å². The minimum atomic E-state index is -1.88. The van der Waals surface area contributed by atoms with Crippen molar-refractivity contribution >= 4 is 38.8 Å². The second-order valence-corrected chi connectivity index (χ2v) is 9.21. The van der Waals surface area contributed by atoms with Crippen molar-refractivity contribution in [2.45, 2.75) is 0 Å². The Balaban J connectivity index is 2.24. The first-order valence-corrected chi connectivity index (χ1v) is 9.48. The summed E-state index contributed by atoms with van der Waals surface area (Å²) < 4.78 is 0. The fourth-order valence-electron chi connectivity index (χ4n) is 2.81. The molecule has 0 aliphatic rings. The van der Waals surface area contributed by atoms with E-state index >= 15 is 0 Å². The van der Waals surface area contributed by atoms with E-state index in [9.17, 15) is 0 Å². The van der Waals surface area contributed by atoms with Crippen molar-refractivity contribution in [2.75, 3.05) is 0 Å². The van der Waals surface area contributed by atoms with Crippen LogP contribution in [0.4, 0.5) is 0 Å². The van der Waals surface area contributed by atoms with Crippen molar-refractivity contribution in [1.29, 1.82) is 0 Å². The van der Waals surface area contributed by atoms with E-state index < -0.39 is 5.69 Å². The van der Waals surface area contributed by atoms with Crippen LogP contribution in [0.15, 0.2) is 91.0 Å². The van der Waals surface area contributed by atoms with Gasteiger partial charge >= 0.3 is 130 Å². The summed E-state index contributed by atoms with van der Waals surface area (Å²) in [4.78, 5) is 0. The van der Waals surface area contributed by atoms with E-state index in [0.29, 0.717) is 0 Å². The topological polar surface area (TPSA) is 0 Å². The fraction of sp³-hybridized carbons (Fsp3) is 0. The number of rotatable bonds is 3. The van der Waals surface area contributed by atoms with Gasteiger partial charge in [0, 0.05) is 0 Å². The Morgan fingerprint density at radius 1 is 0.450 bits per heavy atom. The standard InChI is InChI=1S/C18H15P.Li/c1-4-10-16(11-5-1)19(17-12-6-2-7-13-17)18-14-8-3-9-15-18;/h1-15H;/q;-1/p+1. The zero-order valence-corrected chi connectivity index (χ0v) is 12.7. The Hall–Kier alpha value is -1.31. The molecule has 3 rings (SSSR count). The van der Waals surface area contributed by atoms with Gasteiger partial charge < -0.3 is 0 Å². The third-order valence-corrected chi connectivity index (χ3v) is 8.52. The molecule has 0 saturated heterocycles. The van der Waals surface area contributed by atoms with Gasteiger partial charge in [-0.05, 0) is 0 Å². The Morgan fingerprint density at radius 3 is 0.950 bits per heavy atom. The summed E-state index contributed by atoms with van der Waals surface area (Å²) in [5, 5.41) is 4.37. The molecule has 0 heterocycles. The molecule has 0 aliphatic heterocycles. The average Bonchev–Trinajstić information content (AvgIpc) is 2.56. The van der Waals surface area contributed by atoms with Crippen LogP contribution in [0.1, 0.15) is 0 Å². The van der Waals surface area contributed by atoms with Gasteiger partial charge in [-0.2, -0.15) is 0 Å². The quantitative estimate of drug-likeness (QED) is 0.507. The predicted octanol–water partition coefficient (Wildman–Crippen LogP) is 2.80. The van der Waals surface area contributed by atoms with Crippen LogP contribution in [0.25, 0.3) is 0 Å². The van der Waals surface area contributed by atoms with Crippen LogP contribution in [0.3, 0.4) is 0 Å². The van der Waals surface area contributed by atoms with Gasteiger partial charge in [0.2, 0.25) is 0 Å². The molecule has 0 atom stereocenters. The molecule has 0 amide bonds. The molecule has 0 N–H and O–H groups in total. The molecular formula is C18H16LiP. The van der Waals surface area contributed by atoms with Gasteiger partial charge in [-0.1, -0.05) is 0 Å². The molecular weight excluding hydrogens is 254 g/mol. The zero-order chi connectivity index (χ0) is 13.8. The van der Waals surface area contributed by atoms with Crippen LogP contribution < -0.4 is 15.9 Å². The molecule has 0 radical (unpaired) electrons. The second kappa shape index (κ2) is 5.98. The third kappa shape index (κ3) is 2.48. The van der Waals surface area contributed by atoms with Gasteiger partial charge in [-0.3, -0.25) is 0 Å². The molecule has 94 valence electrons. The molecule has 3 aromatic rings. The summed E-state index contributed by atoms with van der Waals surface area (Å²) in [5.74, 6) is 0. The molecule has 0 unspecified atom stereocenters. The molecule has 0 bridgehead atoms. The number of hydrogen-bond acceptors (Lipinski definition) is 0. The van der Waals surface area contributed by atoms with Crippen LogP contribution in [0.2, 0.25) is 0 Å². The molecule has 20 heavy (non-hydrogen) atoms. The van der Waals surface area contributed by atoms with Crippen molar-refractivity contribution in [3.05, 3.63) is 91.0 Å². The summed E-state index contributed by atoms with van der Waals surface area (Å²) in [5.41, 5.74) is -1.88. The maximum absolute atomic E-state index is 2.44. The van der Waals surface area contributed by atoms with Gasteiger partial charge in [0.05, 0.1) is 0 Å². The van der Waals surface area contributed by atoms with Crippen LogP contribution >= 0.6 is 5.69 Å². The first kappa shape index (κ1) is 13.7. The Labute approximate surface area is 129 Å². The van der Waals surface area contributed by atoms with E-state index in [2.05, 4.69) is 108 Å². The summed E-state index contributed by atoms with van der Waals surface area (Å²) in [6.45, 7) is 0. The number of benzene rings is 3. The van der Waals surface area contributed by atoms with Crippen LogP contribution in [0, 0.1) is 0 Å². The van der Waals surface area contributed by atoms with E-state index in [-0.39, 0.29) is 0 Å². The third-order valence-electron chi connectivity index (χ3n) is 4.05. The first-order chi connectivity index (χ1) is 9.82. The van der Waals surface area contributed by atoms with E-state index in [1.807, 2.05) is 0 Å². The molecule has 0 aliphatic carbocycles. The second-order valence-electron chi connectivity index (χ2n) is 5.22. The summed E-state index contributed by atoms with van der Waals surface area (Å²) >= 11 is 2.44. The van der Waals surface area contributed by atoms with Crippen molar-refractivity contribution in [2.24, 2.45) is 0 Å². The Morgan fingerprint density at radius 2 is 0.700 bits per heavy atom. The fourth-order valence-corrected chi connectivity index (χ4v) is 6.39. The molecule has 0 spiro atoms. The average molecular weight is 270 g/mol. The van der Waals surface area contributed by atoms with Gasteiger partial charge in [0.15, 0.2) is 0 Å². The Bertz CT molecular complexity index is 569. The van der Waals surface area contributed by atoms with Crippen molar-refractivity contribution < 1.29 is 0 Å². The Kier molecular flexibility index (Phi) is 4.09. The summed E-state index contributed by atoms with van der Waals surface area (Å²) in [7, 11) is 0. The SMILES string of the molecule is [Li][PH](c1ccccc1)(c1ccccc1)c1ccccc1. The van der Waals surface area contributed by atoms with Gasteiger partial charge in [-0.25, -0.2) is 0 Å². The van der Waals surface area contributed by atoms with Gasteiger partial charge in [0.25, 0.3) is 0 Å². The maximum atomic E-state index is 2.44. The van der Waals surface area contributed by atoms with Crippen LogP contribution in [-0.4, -0.2) is 17.2 Å². The molecule has 0 nitrogen and oxygen atoms in total. The molecule has 3 aromatic carbocycles. The van der Waals surface area contributed by atoms with E-state index in [4.69, 9.17) is 0 Å². The zero-order valence-electron chi connectivity index (χ0n) is 11.7. The molecule has 0 saturated carbocycles.